The Morgan fingerprint density at radius 3 is 1.74 bits per heavy atom. The summed E-state index contributed by atoms with van der Waals surface area (Å²) in [6.07, 6.45) is -0.849. The summed E-state index contributed by atoms with van der Waals surface area (Å²) in [5.74, 6) is -1.02. The Morgan fingerprint density at radius 1 is 0.794 bits per heavy atom. The van der Waals surface area contributed by atoms with E-state index in [4.69, 9.17) is 9.47 Å². The molecule has 0 spiro atoms. The van der Waals surface area contributed by atoms with E-state index in [1.807, 2.05) is 58.9 Å². The van der Waals surface area contributed by atoms with Gasteiger partial charge in [0.05, 0.1) is 17.2 Å². The quantitative estimate of drug-likeness (QED) is 0.373. The number of carbonyl (C=O) groups excluding carboxylic acids is 2. The average molecular weight is 462 g/mol. The Hall–Kier alpha value is -3.48. The van der Waals surface area contributed by atoms with Crippen LogP contribution in [0.1, 0.15) is 64.3 Å². The van der Waals surface area contributed by atoms with Crippen molar-refractivity contribution in [1.82, 2.24) is 5.32 Å². The Labute approximate surface area is 200 Å². The maximum atomic E-state index is 12.8. The first-order chi connectivity index (χ1) is 16.0. The maximum absolute atomic E-state index is 12.8. The van der Waals surface area contributed by atoms with Gasteiger partial charge in [-0.15, -0.1) is 0 Å². The third kappa shape index (κ3) is 7.01. The zero-order chi connectivity index (χ0) is 24.9. The summed E-state index contributed by atoms with van der Waals surface area (Å²) in [7, 11) is 0. The minimum atomic E-state index is -0.849. The van der Waals surface area contributed by atoms with Crippen LogP contribution in [-0.4, -0.2) is 29.1 Å². The van der Waals surface area contributed by atoms with Crippen molar-refractivity contribution in [2.45, 2.75) is 46.3 Å². The molecule has 0 saturated heterocycles. The minimum Gasteiger partial charge on any atom is -0.419 e. The molecule has 0 saturated carbocycles. The molecule has 0 fully saturated rings. The summed E-state index contributed by atoms with van der Waals surface area (Å²) in [4.78, 5) is 25.5. The predicted octanol–water partition coefficient (Wildman–Crippen LogP) is 5.16. The van der Waals surface area contributed by atoms with Crippen molar-refractivity contribution in [1.29, 1.82) is 0 Å². The number of hydrogen-bond acceptors (Lipinski definition) is 6. The van der Waals surface area contributed by atoms with Crippen LogP contribution >= 0.6 is 0 Å². The molecule has 0 aromatic heterocycles. The number of aryl methyl sites for hydroxylation is 2. The lowest BCUT2D eigenvalue weighted by Gasteiger charge is -2.23. The number of hydrogen-bond donors (Lipinski definition) is 2. The van der Waals surface area contributed by atoms with Crippen LogP contribution in [0.15, 0.2) is 66.7 Å². The van der Waals surface area contributed by atoms with Crippen LogP contribution in [0.5, 0.6) is 11.5 Å². The summed E-state index contributed by atoms with van der Waals surface area (Å²) < 4.78 is 11.2. The molecular weight excluding hydrogens is 430 g/mol. The van der Waals surface area contributed by atoms with Gasteiger partial charge >= 0.3 is 11.9 Å². The smallest absolute Gasteiger partial charge is 0.343 e. The largest absolute Gasteiger partial charge is 0.419 e. The van der Waals surface area contributed by atoms with E-state index in [0.717, 1.165) is 11.1 Å². The summed E-state index contributed by atoms with van der Waals surface area (Å²) in [6, 6.07) is 18.6. The fourth-order valence-corrected chi connectivity index (χ4v) is 3.11. The molecule has 0 radical (unpaired) electrons. The second-order valence-electron chi connectivity index (χ2n) is 9.36. The van der Waals surface area contributed by atoms with Crippen molar-refractivity contribution in [3.05, 3.63) is 94.5 Å². The molecule has 0 heterocycles. The van der Waals surface area contributed by atoms with Gasteiger partial charge in [-0.3, -0.25) is 0 Å². The van der Waals surface area contributed by atoms with Crippen molar-refractivity contribution in [3.8, 4) is 11.5 Å². The molecular formula is C28H31NO5. The van der Waals surface area contributed by atoms with Gasteiger partial charge in [0.1, 0.15) is 0 Å². The zero-order valence-corrected chi connectivity index (χ0v) is 20.2. The highest BCUT2D eigenvalue weighted by Crippen LogP contribution is 2.32. The van der Waals surface area contributed by atoms with Crippen molar-refractivity contribution >= 4 is 11.9 Å². The first-order valence-electron chi connectivity index (χ1n) is 11.2. The number of esters is 2. The van der Waals surface area contributed by atoms with Gasteiger partial charge in [0.2, 0.25) is 0 Å². The van der Waals surface area contributed by atoms with Gasteiger partial charge < -0.3 is 19.9 Å². The van der Waals surface area contributed by atoms with Gasteiger partial charge in [-0.25, -0.2) is 9.59 Å². The molecule has 0 bridgehead atoms. The van der Waals surface area contributed by atoms with E-state index in [0.29, 0.717) is 23.2 Å². The lowest BCUT2D eigenvalue weighted by atomic mass is 10.1. The predicted molar refractivity (Wildman–Crippen MR) is 131 cm³/mol. The average Bonchev–Trinajstić information content (AvgIpc) is 2.79. The Kier molecular flexibility index (Phi) is 7.87. The van der Waals surface area contributed by atoms with Gasteiger partial charge in [-0.05, 0) is 76.6 Å². The van der Waals surface area contributed by atoms with Crippen LogP contribution in [-0.2, 0) is 0 Å². The summed E-state index contributed by atoms with van der Waals surface area (Å²) in [5, 5.41) is 13.9. The topological polar surface area (TPSA) is 84.9 Å². The van der Waals surface area contributed by atoms with E-state index < -0.39 is 18.0 Å². The van der Waals surface area contributed by atoms with E-state index in [1.165, 1.54) is 12.1 Å². The number of aliphatic hydroxyl groups is 1. The van der Waals surface area contributed by atoms with Crippen molar-refractivity contribution in [2.24, 2.45) is 0 Å². The standard InChI is InChI=1S/C28H31NO5/c1-18-6-10-20(11-7-18)26(31)33-24-15-14-22(23(30)17-29-28(3,4)5)16-25(24)34-27(32)21-12-8-19(2)9-13-21/h6-16,23,29-30H,17H2,1-5H3/t23-/m1/s1. The number of β-amino-alcohol motifs (C(OH)–C–C–N with tert-alkyl or cyclic N) is 1. The number of rotatable bonds is 7. The summed E-state index contributed by atoms with van der Waals surface area (Å²) in [6.45, 7) is 10.2. The molecule has 0 amide bonds. The lowest BCUT2D eigenvalue weighted by molar-refractivity contribution is 0.0681. The van der Waals surface area contributed by atoms with Crippen LogP contribution in [0.4, 0.5) is 0 Å². The monoisotopic (exact) mass is 461 g/mol. The Balaban J connectivity index is 1.88. The molecule has 3 aromatic carbocycles. The normalized spacial score (nSPS) is 12.2. The highest BCUT2D eigenvalue weighted by Gasteiger charge is 2.20. The number of benzene rings is 3. The van der Waals surface area contributed by atoms with Crippen LogP contribution in [0.25, 0.3) is 0 Å². The fourth-order valence-electron chi connectivity index (χ4n) is 3.11. The molecule has 3 rings (SSSR count). The molecule has 6 heteroatoms. The second-order valence-corrected chi connectivity index (χ2v) is 9.36. The maximum Gasteiger partial charge on any atom is 0.343 e. The number of aliphatic hydroxyl groups excluding tert-OH is 1. The van der Waals surface area contributed by atoms with E-state index in [2.05, 4.69) is 5.32 Å². The van der Waals surface area contributed by atoms with E-state index >= 15 is 0 Å². The number of carbonyl (C=O) groups is 2. The lowest BCUT2D eigenvalue weighted by Crippen LogP contribution is -2.38. The molecule has 2 N–H and O–H groups in total. The Bertz CT molecular complexity index is 1140. The number of nitrogens with one attached hydrogen (secondary N) is 1. The third-order valence-corrected chi connectivity index (χ3v) is 5.16. The van der Waals surface area contributed by atoms with Crippen molar-refractivity contribution in [2.75, 3.05) is 6.54 Å². The van der Waals surface area contributed by atoms with Crippen LogP contribution in [0.2, 0.25) is 0 Å². The molecule has 0 aliphatic carbocycles. The molecule has 178 valence electrons. The van der Waals surface area contributed by atoms with Gasteiger partial charge in [0.25, 0.3) is 0 Å². The molecule has 0 aliphatic rings. The van der Waals surface area contributed by atoms with E-state index in [1.54, 1.807) is 30.3 Å². The van der Waals surface area contributed by atoms with Gasteiger partial charge in [0, 0.05) is 12.1 Å². The first-order valence-corrected chi connectivity index (χ1v) is 11.2. The zero-order valence-electron chi connectivity index (χ0n) is 20.2. The molecule has 1 atom stereocenters. The minimum absolute atomic E-state index is 0.0540. The van der Waals surface area contributed by atoms with Gasteiger partial charge in [-0.1, -0.05) is 41.5 Å². The SMILES string of the molecule is Cc1ccc(C(=O)Oc2ccc([C@H](O)CNC(C)(C)C)cc2OC(=O)c2ccc(C)cc2)cc1. The fraction of sp³-hybridized carbons (Fsp3) is 0.286. The first kappa shape index (κ1) is 25.1. The van der Waals surface area contributed by atoms with Crippen LogP contribution < -0.4 is 14.8 Å². The highest BCUT2D eigenvalue weighted by atomic mass is 16.6. The summed E-state index contributed by atoms with van der Waals surface area (Å²) >= 11 is 0. The summed E-state index contributed by atoms with van der Waals surface area (Å²) in [5.41, 5.74) is 3.12. The molecule has 34 heavy (non-hydrogen) atoms. The molecule has 0 unspecified atom stereocenters. The van der Waals surface area contributed by atoms with Crippen molar-refractivity contribution in [3.63, 3.8) is 0 Å². The van der Waals surface area contributed by atoms with Gasteiger partial charge in [0.15, 0.2) is 11.5 Å². The van der Waals surface area contributed by atoms with Crippen molar-refractivity contribution < 1.29 is 24.2 Å². The molecule has 3 aromatic rings. The second kappa shape index (κ2) is 10.6. The third-order valence-electron chi connectivity index (χ3n) is 5.16. The highest BCUT2D eigenvalue weighted by molar-refractivity contribution is 5.93. The number of ether oxygens (including phenoxy) is 2. The van der Waals surface area contributed by atoms with Crippen LogP contribution in [0, 0.1) is 13.8 Å². The van der Waals surface area contributed by atoms with Gasteiger partial charge in [-0.2, -0.15) is 0 Å². The Morgan fingerprint density at radius 2 is 1.26 bits per heavy atom. The van der Waals surface area contributed by atoms with Crippen LogP contribution in [0.3, 0.4) is 0 Å². The van der Waals surface area contributed by atoms with E-state index in [-0.39, 0.29) is 17.0 Å². The molecule has 0 aliphatic heterocycles. The molecule has 6 nitrogen and oxygen atoms in total. The van der Waals surface area contributed by atoms with E-state index in [9.17, 15) is 14.7 Å².